The van der Waals surface area contributed by atoms with Crippen LogP contribution in [0, 0.1) is 13.8 Å². The van der Waals surface area contributed by atoms with E-state index in [9.17, 15) is 4.79 Å². The van der Waals surface area contributed by atoms with Gasteiger partial charge in [-0.25, -0.2) is 4.79 Å². The number of halogens is 2. The van der Waals surface area contributed by atoms with Crippen LogP contribution in [0.15, 0.2) is 30.3 Å². The van der Waals surface area contributed by atoms with Gasteiger partial charge in [-0.05, 0) is 62.1 Å². The molecule has 0 heterocycles. The lowest BCUT2D eigenvalue weighted by molar-refractivity contribution is 0.0602. The lowest BCUT2D eigenvalue weighted by atomic mass is 10.1. The SMILES string of the molecule is COC(=O)c1cc(Cl)cc(Cl)c1NCCCCOc1ccc(C)c(C)c1. The molecule has 0 fully saturated rings. The summed E-state index contributed by atoms with van der Waals surface area (Å²) in [4.78, 5) is 11.9. The first-order valence-corrected chi connectivity index (χ1v) is 9.19. The number of esters is 1. The summed E-state index contributed by atoms with van der Waals surface area (Å²) in [5, 5.41) is 3.98. The fourth-order valence-corrected chi connectivity index (χ4v) is 3.02. The Morgan fingerprint density at radius 2 is 1.85 bits per heavy atom. The number of hydrogen-bond acceptors (Lipinski definition) is 4. The molecule has 0 saturated heterocycles. The molecule has 6 heteroatoms. The van der Waals surface area contributed by atoms with E-state index >= 15 is 0 Å². The summed E-state index contributed by atoms with van der Waals surface area (Å²) in [6.45, 7) is 5.43. The van der Waals surface area contributed by atoms with E-state index in [2.05, 4.69) is 25.2 Å². The van der Waals surface area contributed by atoms with Crippen LogP contribution in [-0.2, 0) is 4.74 Å². The van der Waals surface area contributed by atoms with Gasteiger partial charge in [0.05, 0.1) is 30.0 Å². The second-order valence-corrected chi connectivity index (χ2v) is 6.87. The molecular weight excluding hydrogens is 373 g/mol. The van der Waals surface area contributed by atoms with Crippen LogP contribution in [0.5, 0.6) is 5.75 Å². The van der Waals surface area contributed by atoms with Crippen molar-refractivity contribution in [3.63, 3.8) is 0 Å². The molecule has 0 aliphatic carbocycles. The Kier molecular flexibility index (Phi) is 7.61. The maximum Gasteiger partial charge on any atom is 0.340 e. The molecule has 4 nitrogen and oxygen atoms in total. The summed E-state index contributed by atoms with van der Waals surface area (Å²) >= 11 is 12.2. The second-order valence-electron chi connectivity index (χ2n) is 6.03. The molecule has 1 N–H and O–H groups in total. The number of anilines is 1. The lowest BCUT2D eigenvalue weighted by Crippen LogP contribution is -2.11. The molecule has 0 bridgehead atoms. The number of carbonyl (C=O) groups excluding carboxylic acids is 1. The fraction of sp³-hybridized carbons (Fsp3) is 0.350. The third-order valence-corrected chi connectivity index (χ3v) is 4.60. The van der Waals surface area contributed by atoms with Gasteiger partial charge in [-0.1, -0.05) is 29.3 Å². The van der Waals surface area contributed by atoms with Gasteiger partial charge in [-0.3, -0.25) is 0 Å². The number of carbonyl (C=O) groups is 1. The Labute approximate surface area is 164 Å². The standard InChI is InChI=1S/C20H23Cl2NO3/c1-13-6-7-16(10-14(13)2)26-9-5-4-8-23-19-17(20(24)25-3)11-15(21)12-18(19)22/h6-7,10-12,23H,4-5,8-9H2,1-3H3. The maximum absolute atomic E-state index is 11.9. The molecule has 0 amide bonds. The number of aryl methyl sites for hydroxylation is 2. The minimum atomic E-state index is -0.477. The quantitative estimate of drug-likeness (QED) is 0.462. The number of ether oxygens (including phenoxy) is 2. The van der Waals surface area contributed by atoms with Crippen molar-refractivity contribution in [2.45, 2.75) is 26.7 Å². The summed E-state index contributed by atoms with van der Waals surface area (Å²) < 4.78 is 10.6. The van der Waals surface area contributed by atoms with Crippen molar-refractivity contribution in [1.29, 1.82) is 0 Å². The highest BCUT2D eigenvalue weighted by atomic mass is 35.5. The van der Waals surface area contributed by atoms with Crippen LogP contribution in [-0.4, -0.2) is 26.2 Å². The number of benzene rings is 2. The number of nitrogens with one attached hydrogen (secondary N) is 1. The zero-order chi connectivity index (χ0) is 19.1. The lowest BCUT2D eigenvalue weighted by Gasteiger charge is -2.13. The van der Waals surface area contributed by atoms with Gasteiger partial charge in [-0.2, -0.15) is 0 Å². The topological polar surface area (TPSA) is 47.6 Å². The van der Waals surface area contributed by atoms with E-state index in [1.54, 1.807) is 12.1 Å². The van der Waals surface area contributed by atoms with Gasteiger partial charge in [-0.15, -0.1) is 0 Å². The van der Waals surface area contributed by atoms with Crippen LogP contribution in [0.3, 0.4) is 0 Å². The molecule has 0 aliphatic rings. The van der Waals surface area contributed by atoms with Crippen molar-refractivity contribution in [1.82, 2.24) is 0 Å². The van der Waals surface area contributed by atoms with Crippen molar-refractivity contribution in [2.75, 3.05) is 25.6 Å². The van der Waals surface area contributed by atoms with E-state index in [1.165, 1.54) is 18.2 Å². The molecular formula is C20H23Cl2NO3. The van der Waals surface area contributed by atoms with Crippen LogP contribution < -0.4 is 10.1 Å². The maximum atomic E-state index is 11.9. The number of rotatable bonds is 8. The average Bonchev–Trinajstić information content (AvgIpc) is 2.61. The monoisotopic (exact) mass is 395 g/mol. The van der Waals surface area contributed by atoms with Crippen molar-refractivity contribution >= 4 is 34.9 Å². The van der Waals surface area contributed by atoms with Crippen LogP contribution in [0.4, 0.5) is 5.69 Å². The summed E-state index contributed by atoms with van der Waals surface area (Å²) in [6.07, 6.45) is 1.74. The highest BCUT2D eigenvalue weighted by Crippen LogP contribution is 2.30. The zero-order valence-corrected chi connectivity index (χ0v) is 16.7. The molecule has 0 aliphatic heterocycles. The van der Waals surface area contributed by atoms with Crippen LogP contribution in [0.25, 0.3) is 0 Å². The molecule has 26 heavy (non-hydrogen) atoms. The van der Waals surface area contributed by atoms with E-state index in [0.29, 0.717) is 34.4 Å². The van der Waals surface area contributed by atoms with Crippen molar-refractivity contribution in [3.05, 3.63) is 57.1 Å². The number of unbranched alkanes of at least 4 members (excludes halogenated alkanes) is 1. The summed E-state index contributed by atoms with van der Waals surface area (Å²) in [5.74, 6) is 0.407. The second kappa shape index (κ2) is 9.70. The first kappa shape index (κ1) is 20.4. The Balaban J connectivity index is 1.82. The van der Waals surface area contributed by atoms with E-state index in [-0.39, 0.29) is 0 Å². The van der Waals surface area contributed by atoms with Gasteiger partial charge < -0.3 is 14.8 Å². The zero-order valence-electron chi connectivity index (χ0n) is 15.2. The minimum Gasteiger partial charge on any atom is -0.494 e. The molecule has 0 aromatic heterocycles. The first-order chi connectivity index (χ1) is 12.4. The van der Waals surface area contributed by atoms with E-state index in [4.69, 9.17) is 32.7 Å². The number of hydrogen-bond donors (Lipinski definition) is 1. The highest BCUT2D eigenvalue weighted by Gasteiger charge is 2.16. The molecule has 0 atom stereocenters. The third kappa shape index (κ3) is 5.55. The number of methoxy groups -OCH3 is 1. The fourth-order valence-electron chi connectivity index (χ4n) is 2.46. The molecule has 2 aromatic carbocycles. The first-order valence-electron chi connectivity index (χ1n) is 8.43. The Morgan fingerprint density at radius 3 is 2.54 bits per heavy atom. The van der Waals surface area contributed by atoms with Crippen molar-refractivity contribution in [3.8, 4) is 5.75 Å². The molecule has 2 aromatic rings. The molecule has 0 saturated carbocycles. The van der Waals surface area contributed by atoms with Gasteiger partial charge in [0.1, 0.15) is 5.75 Å². The van der Waals surface area contributed by atoms with E-state index < -0.39 is 5.97 Å². The van der Waals surface area contributed by atoms with Gasteiger partial charge >= 0.3 is 5.97 Å². The largest absolute Gasteiger partial charge is 0.494 e. The summed E-state index contributed by atoms with van der Waals surface area (Å²) in [5.41, 5.74) is 3.34. The predicted octanol–water partition coefficient (Wildman–Crippen LogP) is 5.67. The van der Waals surface area contributed by atoms with Gasteiger partial charge in [0, 0.05) is 11.6 Å². The highest BCUT2D eigenvalue weighted by molar-refractivity contribution is 6.37. The van der Waals surface area contributed by atoms with E-state index in [0.717, 1.165) is 18.6 Å². The Morgan fingerprint density at radius 1 is 1.08 bits per heavy atom. The van der Waals surface area contributed by atoms with Crippen LogP contribution >= 0.6 is 23.2 Å². The summed E-state index contributed by atoms with van der Waals surface area (Å²) in [6, 6.07) is 9.23. The molecule has 0 radical (unpaired) electrons. The Bertz CT molecular complexity index is 778. The van der Waals surface area contributed by atoms with Crippen LogP contribution in [0.1, 0.15) is 34.3 Å². The normalized spacial score (nSPS) is 10.5. The molecule has 2 rings (SSSR count). The minimum absolute atomic E-state index is 0.330. The third-order valence-electron chi connectivity index (χ3n) is 4.08. The van der Waals surface area contributed by atoms with Gasteiger partial charge in [0.2, 0.25) is 0 Å². The smallest absolute Gasteiger partial charge is 0.340 e. The van der Waals surface area contributed by atoms with Gasteiger partial charge in [0.15, 0.2) is 0 Å². The predicted molar refractivity (Wildman–Crippen MR) is 107 cm³/mol. The molecule has 140 valence electrons. The van der Waals surface area contributed by atoms with Crippen molar-refractivity contribution in [2.24, 2.45) is 0 Å². The summed E-state index contributed by atoms with van der Waals surface area (Å²) in [7, 11) is 1.32. The van der Waals surface area contributed by atoms with Crippen molar-refractivity contribution < 1.29 is 14.3 Å². The molecule has 0 spiro atoms. The van der Waals surface area contributed by atoms with E-state index in [1.807, 2.05) is 12.1 Å². The molecule has 0 unspecified atom stereocenters. The average molecular weight is 396 g/mol. The van der Waals surface area contributed by atoms with Gasteiger partial charge in [0.25, 0.3) is 0 Å². The Hall–Kier alpha value is -1.91. The van der Waals surface area contributed by atoms with Crippen LogP contribution in [0.2, 0.25) is 10.0 Å².